The zero-order valence-electron chi connectivity index (χ0n) is 11.6. The molecule has 1 aromatic heterocycles. The largest absolute Gasteiger partial charge is 0.370 e. The Hall–Kier alpha value is -3.42. The van der Waals surface area contributed by atoms with Gasteiger partial charge in [-0.1, -0.05) is 0 Å². The number of guanidine groups is 2. The minimum atomic E-state index is -0.246. The molecule has 1 amide bonds. The van der Waals surface area contributed by atoms with Gasteiger partial charge in [0, 0.05) is 18.1 Å². The van der Waals surface area contributed by atoms with Gasteiger partial charge >= 0.3 is 0 Å². The smallest absolute Gasteiger partial charge is 0.257 e. The number of hydrogen-bond acceptors (Lipinski definition) is 3. The fourth-order valence-electron chi connectivity index (χ4n) is 1.61. The van der Waals surface area contributed by atoms with Crippen molar-refractivity contribution in [1.82, 2.24) is 4.98 Å². The van der Waals surface area contributed by atoms with Gasteiger partial charge in [-0.15, -0.1) is 0 Å². The Labute approximate surface area is 126 Å². The molecule has 112 valence electrons. The Kier molecular flexibility index (Phi) is 4.66. The van der Waals surface area contributed by atoms with E-state index >= 15 is 0 Å². The van der Waals surface area contributed by atoms with Crippen molar-refractivity contribution in [2.45, 2.75) is 0 Å². The second-order valence-corrected chi connectivity index (χ2v) is 4.25. The number of benzene rings is 1. The molecule has 0 aliphatic heterocycles. The molecule has 1 aromatic carbocycles. The number of nitrogens with one attached hydrogen (secondary N) is 1. The van der Waals surface area contributed by atoms with Crippen LogP contribution in [-0.2, 0) is 0 Å². The lowest BCUT2D eigenvalue weighted by molar-refractivity contribution is 0.102. The summed E-state index contributed by atoms with van der Waals surface area (Å²) in [5.41, 5.74) is 17.6. The summed E-state index contributed by atoms with van der Waals surface area (Å²) < 4.78 is 0. The van der Waals surface area contributed by atoms with Crippen molar-refractivity contribution in [3.63, 3.8) is 0 Å². The van der Waals surface area contributed by atoms with Gasteiger partial charge in [0.2, 0.25) is 5.96 Å². The van der Waals surface area contributed by atoms with Crippen molar-refractivity contribution < 1.29 is 4.79 Å². The topological polar surface area (TPSA) is 145 Å². The number of carbonyl (C=O) groups excluding carboxylic acids is 1. The SMILES string of the molecule is NC(N)=NC(N)=Nc1ccc(NC(=O)c2cccnc2)cc1. The van der Waals surface area contributed by atoms with Gasteiger partial charge in [0.25, 0.3) is 5.91 Å². The Balaban J connectivity index is 2.07. The minimum Gasteiger partial charge on any atom is -0.370 e. The molecule has 0 radical (unpaired) electrons. The van der Waals surface area contributed by atoms with Crippen LogP contribution in [0.1, 0.15) is 10.4 Å². The van der Waals surface area contributed by atoms with Crippen LogP contribution in [0.15, 0.2) is 58.8 Å². The highest BCUT2D eigenvalue weighted by Crippen LogP contribution is 2.17. The lowest BCUT2D eigenvalue weighted by atomic mass is 10.2. The quantitative estimate of drug-likeness (QED) is 0.483. The molecule has 1 heterocycles. The van der Waals surface area contributed by atoms with E-state index in [1.54, 1.807) is 42.6 Å². The summed E-state index contributed by atoms with van der Waals surface area (Å²) in [6.07, 6.45) is 3.09. The van der Waals surface area contributed by atoms with E-state index in [2.05, 4.69) is 20.3 Å². The van der Waals surface area contributed by atoms with Gasteiger partial charge in [-0.05, 0) is 36.4 Å². The van der Waals surface area contributed by atoms with E-state index in [9.17, 15) is 4.79 Å². The maximum absolute atomic E-state index is 12.0. The fraction of sp³-hybridized carbons (Fsp3) is 0. The highest BCUT2D eigenvalue weighted by atomic mass is 16.1. The molecular weight excluding hydrogens is 282 g/mol. The minimum absolute atomic E-state index is 0.0489. The maximum atomic E-state index is 12.0. The van der Waals surface area contributed by atoms with Gasteiger partial charge in [-0.2, -0.15) is 4.99 Å². The summed E-state index contributed by atoms with van der Waals surface area (Å²) in [6, 6.07) is 10.1. The Morgan fingerprint density at radius 3 is 2.41 bits per heavy atom. The maximum Gasteiger partial charge on any atom is 0.257 e. The van der Waals surface area contributed by atoms with Crippen LogP contribution in [0.3, 0.4) is 0 Å². The van der Waals surface area contributed by atoms with Crippen molar-refractivity contribution in [2.75, 3.05) is 5.32 Å². The third-order valence-electron chi connectivity index (χ3n) is 2.54. The van der Waals surface area contributed by atoms with Crippen molar-refractivity contribution in [3.8, 4) is 0 Å². The molecule has 22 heavy (non-hydrogen) atoms. The zero-order chi connectivity index (χ0) is 15.9. The molecule has 0 saturated carbocycles. The van der Waals surface area contributed by atoms with Gasteiger partial charge in [0.15, 0.2) is 5.96 Å². The second-order valence-electron chi connectivity index (χ2n) is 4.25. The predicted molar refractivity (Wildman–Crippen MR) is 85.7 cm³/mol. The van der Waals surface area contributed by atoms with Crippen LogP contribution in [0.4, 0.5) is 11.4 Å². The third-order valence-corrected chi connectivity index (χ3v) is 2.54. The number of amides is 1. The molecule has 0 aliphatic rings. The standard InChI is InChI=1S/C14H15N7O/c15-13(16)21-14(17)20-11-5-3-10(4-6-11)19-12(22)9-2-1-7-18-8-9/h1-8H,(H,19,22)(H6,15,16,17,20,21). The first-order valence-electron chi connectivity index (χ1n) is 6.30. The molecule has 8 nitrogen and oxygen atoms in total. The lowest BCUT2D eigenvalue weighted by Gasteiger charge is -2.05. The number of carbonyl (C=O) groups is 1. The molecule has 0 aliphatic carbocycles. The molecule has 0 saturated heterocycles. The third kappa shape index (κ3) is 4.30. The van der Waals surface area contributed by atoms with Crippen LogP contribution >= 0.6 is 0 Å². The van der Waals surface area contributed by atoms with Crippen molar-refractivity contribution in [3.05, 3.63) is 54.4 Å². The van der Waals surface area contributed by atoms with Crippen molar-refractivity contribution in [1.29, 1.82) is 0 Å². The Morgan fingerprint density at radius 1 is 1.09 bits per heavy atom. The van der Waals surface area contributed by atoms with Gasteiger partial charge in [0.05, 0.1) is 11.3 Å². The van der Waals surface area contributed by atoms with E-state index in [-0.39, 0.29) is 17.8 Å². The summed E-state index contributed by atoms with van der Waals surface area (Å²) in [6.45, 7) is 0. The van der Waals surface area contributed by atoms with Crippen LogP contribution in [0.2, 0.25) is 0 Å². The average Bonchev–Trinajstić information content (AvgIpc) is 2.49. The van der Waals surface area contributed by atoms with Crippen LogP contribution in [0.25, 0.3) is 0 Å². The highest BCUT2D eigenvalue weighted by molar-refractivity contribution is 6.04. The molecule has 2 rings (SSSR count). The number of hydrogen-bond donors (Lipinski definition) is 4. The van der Waals surface area contributed by atoms with Crippen LogP contribution in [0.5, 0.6) is 0 Å². The molecular formula is C14H15N7O. The second kappa shape index (κ2) is 6.84. The van der Waals surface area contributed by atoms with E-state index in [0.717, 1.165) is 0 Å². The molecule has 0 spiro atoms. The molecule has 0 unspecified atom stereocenters. The molecule has 8 heteroatoms. The van der Waals surface area contributed by atoms with Crippen LogP contribution < -0.4 is 22.5 Å². The summed E-state index contributed by atoms with van der Waals surface area (Å²) >= 11 is 0. The van der Waals surface area contributed by atoms with E-state index in [4.69, 9.17) is 17.2 Å². The molecule has 0 bridgehead atoms. The number of anilines is 1. The van der Waals surface area contributed by atoms with Crippen molar-refractivity contribution in [2.24, 2.45) is 27.2 Å². The van der Waals surface area contributed by atoms with Crippen LogP contribution in [0, 0.1) is 0 Å². The van der Waals surface area contributed by atoms with E-state index in [0.29, 0.717) is 16.9 Å². The fourth-order valence-corrected chi connectivity index (χ4v) is 1.61. The highest BCUT2D eigenvalue weighted by Gasteiger charge is 2.05. The summed E-state index contributed by atoms with van der Waals surface area (Å²) in [4.78, 5) is 23.5. The summed E-state index contributed by atoms with van der Waals surface area (Å²) in [5, 5.41) is 2.74. The summed E-state index contributed by atoms with van der Waals surface area (Å²) in [5.74, 6) is -0.460. The number of pyridine rings is 1. The number of nitrogens with zero attached hydrogens (tertiary/aromatic N) is 3. The Bertz CT molecular complexity index is 704. The number of aromatic nitrogens is 1. The molecule has 7 N–H and O–H groups in total. The number of nitrogens with two attached hydrogens (primary N) is 3. The summed E-state index contributed by atoms with van der Waals surface area (Å²) in [7, 11) is 0. The van der Waals surface area contributed by atoms with E-state index in [1.165, 1.54) is 6.20 Å². The number of rotatable bonds is 3. The average molecular weight is 297 g/mol. The van der Waals surface area contributed by atoms with Crippen LogP contribution in [-0.4, -0.2) is 22.8 Å². The Morgan fingerprint density at radius 2 is 1.82 bits per heavy atom. The first-order chi connectivity index (χ1) is 10.5. The predicted octanol–water partition coefficient (Wildman–Crippen LogP) is 0.554. The van der Waals surface area contributed by atoms with E-state index < -0.39 is 0 Å². The normalized spacial score (nSPS) is 10.8. The van der Waals surface area contributed by atoms with E-state index in [1.807, 2.05) is 0 Å². The lowest BCUT2D eigenvalue weighted by Crippen LogP contribution is -2.26. The van der Waals surface area contributed by atoms with Gasteiger partial charge in [-0.3, -0.25) is 9.78 Å². The van der Waals surface area contributed by atoms with Gasteiger partial charge < -0.3 is 22.5 Å². The van der Waals surface area contributed by atoms with Gasteiger partial charge in [0.1, 0.15) is 0 Å². The molecule has 0 atom stereocenters. The van der Waals surface area contributed by atoms with Crippen molar-refractivity contribution >= 4 is 29.2 Å². The van der Waals surface area contributed by atoms with Gasteiger partial charge in [-0.25, -0.2) is 4.99 Å². The molecule has 2 aromatic rings. The first-order valence-corrected chi connectivity index (χ1v) is 6.30. The monoisotopic (exact) mass is 297 g/mol. The zero-order valence-corrected chi connectivity index (χ0v) is 11.6. The molecule has 0 fully saturated rings. The first kappa shape index (κ1) is 15.0. The number of aliphatic imine (C=N–C) groups is 2.